The lowest BCUT2D eigenvalue weighted by Gasteiger charge is -2.35. The van der Waals surface area contributed by atoms with Gasteiger partial charge in [-0.3, -0.25) is 4.79 Å². The Kier molecular flexibility index (Phi) is 7.98. The van der Waals surface area contributed by atoms with Crippen molar-refractivity contribution < 1.29 is 28.6 Å². The molecule has 1 aromatic heterocycles. The normalized spacial score (nSPS) is 17.1. The Hall–Kier alpha value is -4.01. The Bertz CT molecular complexity index is 1670. The van der Waals surface area contributed by atoms with Crippen molar-refractivity contribution in [2.75, 3.05) is 13.2 Å². The summed E-state index contributed by atoms with van der Waals surface area (Å²) in [6, 6.07) is 17.4. The summed E-state index contributed by atoms with van der Waals surface area (Å²) in [5, 5.41) is 6.00. The van der Waals surface area contributed by atoms with Gasteiger partial charge in [0.2, 0.25) is 0 Å². The van der Waals surface area contributed by atoms with Crippen LogP contribution in [0.5, 0.6) is 5.75 Å². The Morgan fingerprint density at radius 3 is 2.56 bits per heavy atom. The van der Waals surface area contributed by atoms with Gasteiger partial charge in [0.1, 0.15) is 12.4 Å². The maximum absolute atomic E-state index is 13.7. The van der Waals surface area contributed by atoms with Gasteiger partial charge < -0.3 is 23.6 Å². The lowest BCUT2D eigenvalue weighted by Crippen LogP contribution is -2.42. The molecule has 1 fully saturated rings. The highest BCUT2D eigenvalue weighted by Crippen LogP contribution is 2.33. The first-order chi connectivity index (χ1) is 19.6. The van der Waals surface area contributed by atoms with E-state index in [1.54, 1.807) is 0 Å². The van der Waals surface area contributed by atoms with E-state index in [0.717, 1.165) is 45.9 Å². The summed E-state index contributed by atoms with van der Waals surface area (Å²) in [5.74, 6) is -0.428. The average molecular weight is 557 g/mol. The quantitative estimate of drug-likeness (QED) is 0.106. The molecule has 0 saturated carbocycles. The molecule has 1 aliphatic rings. The van der Waals surface area contributed by atoms with Crippen molar-refractivity contribution in [3.63, 3.8) is 0 Å². The highest BCUT2D eigenvalue weighted by Gasteiger charge is 2.29. The standard InChI is InChI=1S/C33H36N2O6/c1-7-35-30-14-11-23(18-29(30)28-10-8-9-27(31(28)35)21(3)34-41-22(4)36)32(37)26-13-12-24(17-20(26)2)38-19-25-15-16-39-33(5,6)40-25/h8-14,17-18,25H,7,15-16,19H2,1-6H3. The van der Waals surface area contributed by atoms with Crippen LogP contribution in [0.1, 0.15) is 68.1 Å². The van der Waals surface area contributed by atoms with E-state index in [1.165, 1.54) is 6.92 Å². The van der Waals surface area contributed by atoms with Gasteiger partial charge in [-0.05, 0) is 76.6 Å². The van der Waals surface area contributed by atoms with Crippen LogP contribution in [0.25, 0.3) is 21.8 Å². The second-order valence-corrected chi connectivity index (χ2v) is 10.8. The highest BCUT2D eigenvalue weighted by molar-refractivity contribution is 6.19. The van der Waals surface area contributed by atoms with Crippen molar-refractivity contribution >= 4 is 39.3 Å². The molecule has 3 aromatic carbocycles. The third-order valence-electron chi connectivity index (χ3n) is 7.38. The number of benzene rings is 3. The summed E-state index contributed by atoms with van der Waals surface area (Å²) in [5.41, 5.74) is 5.56. The van der Waals surface area contributed by atoms with Gasteiger partial charge in [-0.15, -0.1) is 0 Å². The van der Waals surface area contributed by atoms with Crippen molar-refractivity contribution in [3.8, 4) is 5.75 Å². The van der Waals surface area contributed by atoms with Gasteiger partial charge in [0.25, 0.3) is 0 Å². The fourth-order valence-corrected chi connectivity index (χ4v) is 5.48. The van der Waals surface area contributed by atoms with E-state index in [-0.39, 0.29) is 11.9 Å². The molecule has 8 nitrogen and oxygen atoms in total. The number of aryl methyl sites for hydroxylation is 2. The fourth-order valence-electron chi connectivity index (χ4n) is 5.48. The second kappa shape index (κ2) is 11.5. The number of ether oxygens (including phenoxy) is 3. The SMILES string of the molecule is CCn1c2ccc(C(=O)c3ccc(OCC4CCOC(C)(C)O4)cc3C)cc2c2cccc(C(C)=NOC(C)=O)c21. The van der Waals surface area contributed by atoms with Crippen molar-refractivity contribution in [1.29, 1.82) is 0 Å². The van der Waals surface area contributed by atoms with Crippen molar-refractivity contribution in [2.24, 2.45) is 5.16 Å². The number of oxime groups is 1. The zero-order chi connectivity index (χ0) is 29.3. The second-order valence-electron chi connectivity index (χ2n) is 10.8. The molecule has 8 heteroatoms. The number of carbonyl (C=O) groups is 2. The van der Waals surface area contributed by atoms with Crippen LogP contribution < -0.4 is 4.74 Å². The number of fused-ring (bicyclic) bond motifs is 3. The van der Waals surface area contributed by atoms with Crippen LogP contribution in [0, 0.1) is 6.92 Å². The topological polar surface area (TPSA) is 88.3 Å². The van der Waals surface area contributed by atoms with Gasteiger partial charge in [-0.1, -0.05) is 23.4 Å². The van der Waals surface area contributed by atoms with E-state index in [1.807, 2.05) is 82.3 Å². The third-order valence-corrected chi connectivity index (χ3v) is 7.38. The number of hydrogen-bond acceptors (Lipinski definition) is 7. The number of hydrogen-bond donors (Lipinski definition) is 0. The lowest BCUT2D eigenvalue weighted by atomic mass is 9.97. The van der Waals surface area contributed by atoms with Crippen LogP contribution in [0.2, 0.25) is 0 Å². The summed E-state index contributed by atoms with van der Waals surface area (Å²) >= 11 is 0. The Labute approximate surface area is 239 Å². The summed E-state index contributed by atoms with van der Waals surface area (Å²) in [7, 11) is 0. The number of rotatable bonds is 8. The van der Waals surface area contributed by atoms with Gasteiger partial charge >= 0.3 is 5.97 Å². The van der Waals surface area contributed by atoms with Gasteiger partial charge in [0, 0.05) is 52.9 Å². The molecule has 0 aliphatic carbocycles. The van der Waals surface area contributed by atoms with E-state index in [2.05, 4.69) is 16.6 Å². The van der Waals surface area contributed by atoms with Crippen LogP contribution in [-0.4, -0.2) is 47.1 Å². The van der Waals surface area contributed by atoms with E-state index >= 15 is 0 Å². The maximum Gasteiger partial charge on any atom is 0.331 e. The first kappa shape index (κ1) is 28.5. The number of ketones is 1. The molecule has 0 amide bonds. The fraction of sp³-hybridized carbons (Fsp3) is 0.364. The molecule has 0 bridgehead atoms. The molecule has 5 rings (SSSR count). The Morgan fingerprint density at radius 1 is 1.05 bits per heavy atom. The molecule has 41 heavy (non-hydrogen) atoms. The van der Waals surface area contributed by atoms with Gasteiger partial charge in [0.15, 0.2) is 11.6 Å². The summed E-state index contributed by atoms with van der Waals surface area (Å²) in [6.07, 6.45) is 0.727. The zero-order valence-electron chi connectivity index (χ0n) is 24.4. The molecule has 1 saturated heterocycles. The van der Waals surface area contributed by atoms with Crippen LogP contribution in [0.15, 0.2) is 59.8 Å². The van der Waals surface area contributed by atoms with E-state index in [4.69, 9.17) is 19.0 Å². The first-order valence-electron chi connectivity index (χ1n) is 14.0. The van der Waals surface area contributed by atoms with E-state index < -0.39 is 11.8 Å². The number of para-hydroxylation sites is 1. The molecule has 1 unspecified atom stereocenters. The van der Waals surface area contributed by atoms with Crippen LogP contribution >= 0.6 is 0 Å². The summed E-state index contributed by atoms with van der Waals surface area (Å²) in [4.78, 5) is 29.9. The Balaban J connectivity index is 1.43. The van der Waals surface area contributed by atoms with Gasteiger partial charge in [0.05, 0.1) is 23.9 Å². The molecule has 0 N–H and O–H groups in total. The predicted octanol–water partition coefficient (Wildman–Crippen LogP) is 6.56. The van der Waals surface area contributed by atoms with Crippen LogP contribution in [-0.2, 0) is 25.7 Å². The number of aromatic nitrogens is 1. The molecule has 0 spiro atoms. The van der Waals surface area contributed by atoms with E-state index in [9.17, 15) is 9.59 Å². The van der Waals surface area contributed by atoms with Crippen molar-refractivity contribution in [1.82, 2.24) is 4.57 Å². The molecule has 1 aliphatic heterocycles. The number of nitrogens with zero attached hydrogens (tertiary/aromatic N) is 2. The third kappa shape index (κ3) is 5.89. The smallest absolute Gasteiger partial charge is 0.331 e. The van der Waals surface area contributed by atoms with E-state index in [0.29, 0.717) is 35.8 Å². The molecule has 2 heterocycles. The molecule has 1 atom stereocenters. The molecule has 4 aromatic rings. The molecular weight excluding hydrogens is 520 g/mol. The zero-order valence-corrected chi connectivity index (χ0v) is 24.4. The summed E-state index contributed by atoms with van der Waals surface area (Å²) in [6.45, 7) is 12.7. The van der Waals surface area contributed by atoms with Crippen LogP contribution in [0.4, 0.5) is 0 Å². The maximum atomic E-state index is 13.7. The average Bonchev–Trinajstić information content (AvgIpc) is 3.27. The monoisotopic (exact) mass is 556 g/mol. The largest absolute Gasteiger partial charge is 0.491 e. The predicted molar refractivity (Wildman–Crippen MR) is 159 cm³/mol. The Morgan fingerprint density at radius 2 is 1.85 bits per heavy atom. The van der Waals surface area contributed by atoms with Crippen molar-refractivity contribution in [2.45, 2.75) is 66.4 Å². The van der Waals surface area contributed by atoms with Crippen LogP contribution in [0.3, 0.4) is 0 Å². The molecule has 0 radical (unpaired) electrons. The number of carbonyl (C=O) groups excluding carboxylic acids is 2. The summed E-state index contributed by atoms with van der Waals surface area (Å²) < 4.78 is 19.7. The highest BCUT2D eigenvalue weighted by atomic mass is 16.7. The minimum Gasteiger partial charge on any atom is -0.491 e. The van der Waals surface area contributed by atoms with Gasteiger partial charge in [-0.25, -0.2) is 4.79 Å². The lowest BCUT2D eigenvalue weighted by molar-refractivity contribution is -0.276. The minimum atomic E-state index is -0.610. The van der Waals surface area contributed by atoms with Gasteiger partial charge in [-0.2, -0.15) is 0 Å². The molecule has 214 valence electrons. The molecular formula is C33H36N2O6. The minimum absolute atomic E-state index is 0.0467. The first-order valence-corrected chi connectivity index (χ1v) is 14.0. The van der Waals surface area contributed by atoms with Crippen molar-refractivity contribution in [3.05, 3.63) is 76.9 Å².